The molecule has 0 fully saturated rings. The van der Waals surface area contributed by atoms with E-state index in [1.54, 1.807) is 19.9 Å². The Balaban J connectivity index is 1.74. The number of sulfonamides is 1. The fourth-order valence-corrected chi connectivity index (χ4v) is 4.56. The molecule has 140 valence electrons. The van der Waals surface area contributed by atoms with Crippen LogP contribution in [0.1, 0.15) is 41.7 Å². The van der Waals surface area contributed by atoms with E-state index in [4.69, 9.17) is 11.6 Å². The first kappa shape index (κ1) is 19.4. The van der Waals surface area contributed by atoms with E-state index >= 15 is 0 Å². The molecule has 0 radical (unpaired) electrons. The predicted molar refractivity (Wildman–Crippen MR) is 105 cm³/mol. The van der Waals surface area contributed by atoms with Gasteiger partial charge in [0.25, 0.3) is 0 Å². The van der Waals surface area contributed by atoms with Gasteiger partial charge in [-0.05, 0) is 73.1 Å². The molecule has 0 amide bonds. The fourth-order valence-electron chi connectivity index (χ4n) is 3.38. The van der Waals surface area contributed by atoms with E-state index in [0.717, 1.165) is 29.5 Å². The highest BCUT2D eigenvalue weighted by Gasteiger charge is 2.27. The normalized spacial score (nSPS) is 16.9. The van der Waals surface area contributed by atoms with Crippen molar-refractivity contribution in [3.63, 3.8) is 0 Å². The highest BCUT2D eigenvalue weighted by atomic mass is 35.5. The standard InChI is InChI=1S/C20H24ClNO3S/c1-13(2)26(24,25)22-20-10-17-4-3-14(7-18(17)11-20)5-15-6-16(12-23)9-19(21)8-15/h3-4,6-9,13,20,22-23H,5,10-12H2,1-2H3/t20-/m0/s1. The van der Waals surface area contributed by atoms with Crippen LogP contribution in [-0.4, -0.2) is 24.8 Å². The second-order valence-corrected chi connectivity index (χ2v) is 9.93. The van der Waals surface area contributed by atoms with Crippen LogP contribution in [0.3, 0.4) is 0 Å². The largest absolute Gasteiger partial charge is 0.392 e. The lowest BCUT2D eigenvalue weighted by molar-refractivity contribution is 0.282. The van der Waals surface area contributed by atoms with Crippen LogP contribution in [0.4, 0.5) is 0 Å². The first-order chi connectivity index (χ1) is 12.3. The third kappa shape index (κ3) is 4.46. The summed E-state index contributed by atoms with van der Waals surface area (Å²) in [4.78, 5) is 0. The van der Waals surface area contributed by atoms with E-state index in [-0.39, 0.29) is 12.6 Å². The van der Waals surface area contributed by atoms with Crippen molar-refractivity contribution in [3.05, 3.63) is 69.2 Å². The lowest BCUT2D eigenvalue weighted by Gasteiger charge is -2.14. The Morgan fingerprint density at radius 1 is 1.08 bits per heavy atom. The van der Waals surface area contributed by atoms with Gasteiger partial charge in [0, 0.05) is 11.1 Å². The highest BCUT2D eigenvalue weighted by Crippen LogP contribution is 2.26. The summed E-state index contributed by atoms with van der Waals surface area (Å²) >= 11 is 6.12. The van der Waals surface area contributed by atoms with Gasteiger partial charge in [0.1, 0.15) is 0 Å². The van der Waals surface area contributed by atoms with Gasteiger partial charge in [0.15, 0.2) is 0 Å². The van der Waals surface area contributed by atoms with Gasteiger partial charge in [-0.15, -0.1) is 0 Å². The van der Waals surface area contributed by atoms with Crippen LogP contribution < -0.4 is 4.72 Å². The Bertz CT molecular complexity index is 909. The zero-order chi connectivity index (χ0) is 18.9. The summed E-state index contributed by atoms with van der Waals surface area (Å²) in [6.07, 6.45) is 2.17. The van der Waals surface area contributed by atoms with Crippen molar-refractivity contribution in [1.29, 1.82) is 0 Å². The summed E-state index contributed by atoms with van der Waals surface area (Å²) in [5, 5.41) is 9.52. The number of hydrogen-bond donors (Lipinski definition) is 2. The smallest absolute Gasteiger partial charge is 0.214 e. The molecule has 2 aromatic carbocycles. The molecule has 1 aliphatic rings. The van der Waals surface area contributed by atoms with Crippen LogP contribution in [0.25, 0.3) is 0 Å². The molecule has 0 aromatic heterocycles. The maximum absolute atomic E-state index is 12.1. The van der Waals surface area contributed by atoms with Gasteiger partial charge >= 0.3 is 0 Å². The van der Waals surface area contributed by atoms with Crippen molar-refractivity contribution in [1.82, 2.24) is 4.72 Å². The van der Waals surface area contributed by atoms with Crippen LogP contribution in [-0.2, 0) is 35.9 Å². The Labute approximate surface area is 160 Å². The van der Waals surface area contributed by atoms with Crippen LogP contribution in [0.5, 0.6) is 0 Å². The molecular formula is C20H24ClNO3S. The van der Waals surface area contributed by atoms with E-state index in [1.165, 1.54) is 11.1 Å². The molecule has 2 aromatic rings. The van der Waals surface area contributed by atoms with Gasteiger partial charge in [-0.25, -0.2) is 13.1 Å². The number of aliphatic hydroxyl groups is 1. The lowest BCUT2D eigenvalue weighted by Crippen LogP contribution is -2.39. The van der Waals surface area contributed by atoms with E-state index in [9.17, 15) is 13.5 Å². The molecule has 0 spiro atoms. The Kier molecular flexibility index (Phi) is 5.72. The molecule has 0 saturated carbocycles. The third-order valence-electron chi connectivity index (χ3n) is 4.76. The molecule has 0 heterocycles. The Morgan fingerprint density at radius 3 is 2.46 bits per heavy atom. The van der Waals surface area contributed by atoms with Crippen molar-refractivity contribution >= 4 is 21.6 Å². The van der Waals surface area contributed by atoms with Crippen molar-refractivity contribution < 1.29 is 13.5 Å². The minimum atomic E-state index is -3.26. The monoisotopic (exact) mass is 393 g/mol. The maximum atomic E-state index is 12.1. The second kappa shape index (κ2) is 7.69. The molecular weight excluding hydrogens is 370 g/mol. The van der Waals surface area contributed by atoms with Crippen molar-refractivity contribution in [3.8, 4) is 0 Å². The highest BCUT2D eigenvalue weighted by molar-refractivity contribution is 7.90. The number of halogens is 1. The molecule has 6 heteroatoms. The first-order valence-electron chi connectivity index (χ1n) is 8.78. The topological polar surface area (TPSA) is 66.4 Å². The summed E-state index contributed by atoms with van der Waals surface area (Å²) in [5.74, 6) is 0. The van der Waals surface area contributed by atoms with E-state index in [2.05, 4.69) is 22.9 Å². The molecule has 0 aliphatic heterocycles. The minimum Gasteiger partial charge on any atom is -0.392 e. The number of rotatable bonds is 6. The Hall–Kier alpha value is -1.40. The maximum Gasteiger partial charge on any atom is 0.214 e. The van der Waals surface area contributed by atoms with Crippen LogP contribution in [0.2, 0.25) is 5.02 Å². The number of nitrogens with one attached hydrogen (secondary N) is 1. The average Bonchev–Trinajstić information content (AvgIpc) is 2.94. The molecule has 3 rings (SSSR count). The lowest BCUT2D eigenvalue weighted by atomic mass is 9.99. The zero-order valence-electron chi connectivity index (χ0n) is 15.0. The van der Waals surface area contributed by atoms with Gasteiger partial charge in [-0.2, -0.15) is 0 Å². The summed E-state index contributed by atoms with van der Waals surface area (Å²) in [6.45, 7) is 3.34. The molecule has 26 heavy (non-hydrogen) atoms. The van der Waals surface area contributed by atoms with Crippen LogP contribution in [0.15, 0.2) is 36.4 Å². The SMILES string of the molecule is CC(C)S(=O)(=O)N[C@H]1Cc2ccc(Cc3cc(Cl)cc(CO)c3)cc2C1. The van der Waals surface area contributed by atoms with Gasteiger partial charge in [-0.1, -0.05) is 35.9 Å². The average molecular weight is 394 g/mol. The molecule has 0 saturated heterocycles. The molecule has 1 atom stereocenters. The molecule has 0 bridgehead atoms. The summed E-state index contributed by atoms with van der Waals surface area (Å²) in [7, 11) is -3.26. The van der Waals surface area contributed by atoms with Gasteiger partial charge in [-0.3, -0.25) is 0 Å². The zero-order valence-corrected chi connectivity index (χ0v) is 16.6. The molecule has 4 nitrogen and oxygen atoms in total. The van der Waals surface area contributed by atoms with Crippen LogP contribution >= 0.6 is 11.6 Å². The molecule has 0 unspecified atom stereocenters. The van der Waals surface area contributed by atoms with E-state index < -0.39 is 15.3 Å². The van der Waals surface area contributed by atoms with Gasteiger partial charge < -0.3 is 5.11 Å². The number of aliphatic hydroxyl groups excluding tert-OH is 1. The van der Waals surface area contributed by atoms with Crippen molar-refractivity contribution in [2.75, 3.05) is 0 Å². The minimum absolute atomic E-state index is 0.0323. The third-order valence-corrected chi connectivity index (χ3v) is 6.88. The second-order valence-electron chi connectivity index (χ2n) is 7.22. The summed E-state index contributed by atoms with van der Waals surface area (Å²) in [6, 6.07) is 11.9. The van der Waals surface area contributed by atoms with Gasteiger partial charge in [0.2, 0.25) is 10.0 Å². The quantitative estimate of drug-likeness (QED) is 0.791. The van der Waals surface area contributed by atoms with Gasteiger partial charge in [0.05, 0.1) is 11.9 Å². The van der Waals surface area contributed by atoms with Crippen molar-refractivity contribution in [2.24, 2.45) is 0 Å². The van der Waals surface area contributed by atoms with Crippen LogP contribution in [0, 0.1) is 0 Å². The van der Waals surface area contributed by atoms with E-state index in [1.807, 2.05) is 12.1 Å². The van der Waals surface area contributed by atoms with Crippen molar-refractivity contribution in [2.45, 2.75) is 51.0 Å². The number of hydrogen-bond acceptors (Lipinski definition) is 3. The predicted octanol–water partition coefficient (Wildman–Crippen LogP) is 3.22. The summed E-state index contributed by atoms with van der Waals surface area (Å²) in [5.41, 5.74) is 5.41. The number of fused-ring (bicyclic) bond motifs is 1. The molecule has 1 aliphatic carbocycles. The molecule has 2 N–H and O–H groups in total. The number of benzene rings is 2. The fraction of sp³-hybridized carbons (Fsp3) is 0.400. The first-order valence-corrected chi connectivity index (χ1v) is 10.7. The summed E-state index contributed by atoms with van der Waals surface area (Å²) < 4.78 is 27.0. The van der Waals surface area contributed by atoms with E-state index in [0.29, 0.717) is 11.4 Å². The Morgan fingerprint density at radius 2 is 1.77 bits per heavy atom.